The normalized spacial score (nSPS) is 23.5. The fourth-order valence-corrected chi connectivity index (χ4v) is 2.69. The zero-order chi connectivity index (χ0) is 16.4. The Hall–Kier alpha value is -2.41. The van der Waals surface area contributed by atoms with Crippen molar-refractivity contribution in [2.24, 2.45) is 15.4 Å². The van der Waals surface area contributed by atoms with Crippen LogP contribution in [0.2, 0.25) is 0 Å². The third kappa shape index (κ3) is 2.94. The van der Waals surface area contributed by atoms with Crippen LogP contribution in [0.25, 0.3) is 0 Å². The minimum atomic E-state index is -0.635. The molecule has 2 rings (SSSR count). The molecule has 1 heterocycles. The van der Waals surface area contributed by atoms with Gasteiger partial charge in [0.2, 0.25) is 0 Å². The van der Waals surface area contributed by atoms with E-state index in [1.54, 1.807) is 0 Å². The summed E-state index contributed by atoms with van der Waals surface area (Å²) in [4.78, 5) is 0. The van der Waals surface area contributed by atoms with E-state index in [-0.39, 0.29) is 0 Å². The van der Waals surface area contributed by atoms with Gasteiger partial charge in [0.1, 0.15) is 17.1 Å². The second kappa shape index (κ2) is 5.76. The Labute approximate surface area is 129 Å². The fourth-order valence-electron chi connectivity index (χ4n) is 2.69. The first-order valence-corrected chi connectivity index (χ1v) is 6.96. The molecule has 0 bridgehead atoms. The lowest BCUT2D eigenvalue weighted by Gasteiger charge is -2.43. The molecule has 118 valence electrons. The van der Waals surface area contributed by atoms with E-state index in [0.717, 1.165) is 5.69 Å². The molecule has 4 N–H and O–H groups in total. The number of oxime groups is 2. The molecule has 1 aromatic carbocycles. The van der Waals surface area contributed by atoms with E-state index >= 15 is 0 Å². The number of nitrogens with zero attached hydrogens (tertiary/aromatic N) is 3. The maximum Gasteiger partial charge on any atom is 0.137 e. The minimum Gasteiger partial charge on any atom is -0.411 e. The van der Waals surface area contributed by atoms with Gasteiger partial charge in [-0.05, 0) is 39.8 Å². The summed E-state index contributed by atoms with van der Waals surface area (Å²) in [5, 5.41) is 33.0. The van der Waals surface area contributed by atoms with Gasteiger partial charge in [-0.1, -0.05) is 28.5 Å². The lowest BCUT2D eigenvalue weighted by atomic mass is 9.78. The molecule has 0 unspecified atom stereocenters. The van der Waals surface area contributed by atoms with Crippen LogP contribution in [0.4, 0.5) is 5.69 Å². The molecule has 0 atom stereocenters. The summed E-state index contributed by atoms with van der Waals surface area (Å²) in [7, 11) is 0. The molecule has 7 nitrogen and oxygen atoms in total. The Morgan fingerprint density at radius 1 is 0.909 bits per heavy atom. The van der Waals surface area contributed by atoms with Crippen molar-refractivity contribution in [2.45, 2.75) is 38.8 Å². The van der Waals surface area contributed by atoms with Crippen molar-refractivity contribution in [1.29, 1.82) is 0 Å². The number of hydrazone groups is 1. The molecule has 22 heavy (non-hydrogen) atoms. The Bertz CT molecular complexity index is 601. The molecule has 1 aliphatic rings. The van der Waals surface area contributed by atoms with Gasteiger partial charge in [0.05, 0.1) is 16.8 Å². The molecule has 1 fully saturated rings. The molecule has 0 saturated carbocycles. The molecule has 1 saturated heterocycles. The van der Waals surface area contributed by atoms with Crippen molar-refractivity contribution in [3.05, 3.63) is 30.3 Å². The van der Waals surface area contributed by atoms with Gasteiger partial charge in [0.15, 0.2) is 0 Å². The zero-order valence-corrected chi connectivity index (χ0v) is 13.1. The van der Waals surface area contributed by atoms with E-state index in [1.807, 2.05) is 58.0 Å². The van der Waals surface area contributed by atoms with Gasteiger partial charge < -0.3 is 10.4 Å². The fraction of sp³-hybridized carbons (Fsp3) is 0.400. The van der Waals surface area contributed by atoms with Gasteiger partial charge in [0.25, 0.3) is 0 Å². The summed E-state index contributed by atoms with van der Waals surface area (Å²) in [6.07, 6.45) is 0. The van der Waals surface area contributed by atoms with Crippen LogP contribution in [0.1, 0.15) is 27.7 Å². The maximum atomic E-state index is 9.38. The van der Waals surface area contributed by atoms with Gasteiger partial charge in [0, 0.05) is 0 Å². The second-order valence-corrected chi connectivity index (χ2v) is 6.21. The van der Waals surface area contributed by atoms with Gasteiger partial charge in [-0.25, -0.2) is 0 Å². The molecule has 1 aliphatic heterocycles. The van der Waals surface area contributed by atoms with E-state index in [9.17, 15) is 10.4 Å². The Morgan fingerprint density at radius 2 is 1.41 bits per heavy atom. The predicted octanol–water partition coefficient (Wildman–Crippen LogP) is 2.28. The van der Waals surface area contributed by atoms with Crippen LogP contribution in [0.15, 0.2) is 45.7 Å². The second-order valence-electron chi connectivity index (χ2n) is 6.21. The highest BCUT2D eigenvalue weighted by Crippen LogP contribution is 2.24. The standard InChI is InChI=1S/C15H21N5O2/c1-14(2)12(18-21)11(13(19-22)15(3,4)20-14)17-16-10-8-6-5-7-9-10/h5-9,16,20-22H,1-4H3. The molecular weight excluding hydrogens is 282 g/mol. The molecule has 1 aromatic rings. The third-order valence-corrected chi connectivity index (χ3v) is 3.53. The average molecular weight is 303 g/mol. The number of para-hydroxylation sites is 1. The lowest BCUT2D eigenvalue weighted by molar-refractivity contribution is 0.297. The van der Waals surface area contributed by atoms with Crippen LogP contribution in [0.5, 0.6) is 0 Å². The van der Waals surface area contributed by atoms with Crippen molar-refractivity contribution in [2.75, 3.05) is 5.43 Å². The number of hydrogen-bond donors (Lipinski definition) is 4. The molecular formula is C15H21N5O2. The average Bonchev–Trinajstić information content (AvgIpc) is 2.44. The highest BCUT2D eigenvalue weighted by Gasteiger charge is 2.47. The number of nitrogens with one attached hydrogen (secondary N) is 2. The van der Waals surface area contributed by atoms with Crippen molar-refractivity contribution >= 4 is 22.8 Å². The largest absolute Gasteiger partial charge is 0.411 e. The highest BCUT2D eigenvalue weighted by atomic mass is 16.4. The van der Waals surface area contributed by atoms with Gasteiger partial charge in [-0.15, -0.1) is 0 Å². The number of hydrogen-bond acceptors (Lipinski definition) is 7. The number of piperidine rings is 1. The SMILES string of the molecule is CC1(C)NC(C)(C)C(=NO)C(=NNc2ccccc2)C1=NO. The molecule has 0 aromatic heterocycles. The first-order chi connectivity index (χ1) is 10.3. The first kappa shape index (κ1) is 16.0. The minimum absolute atomic E-state index is 0.294. The van der Waals surface area contributed by atoms with E-state index in [4.69, 9.17) is 0 Å². The van der Waals surface area contributed by atoms with Crippen LogP contribution < -0.4 is 10.7 Å². The van der Waals surface area contributed by atoms with Crippen LogP contribution >= 0.6 is 0 Å². The van der Waals surface area contributed by atoms with Gasteiger partial charge >= 0.3 is 0 Å². The Morgan fingerprint density at radius 3 is 1.86 bits per heavy atom. The van der Waals surface area contributed by atoms with Crippen LogP contribution in [-0.2, 0) is 0 Å². The number of anilines is 1. The summed E-state index contributed by atoms with van der Waals surface area (Å²) in [6.45, 7) is 7.48. The first-order valence-electron chi connectivity index (χ1n) is 6.96. The predicted molar refractivity (Wildman–Crippen MR) is 87.2 cm³/mol. The van der Waals surface area contributed by atoms with Crippen molar-refractivity contribution in [3.8, 4) is 0 Å². The quantitative estimate of drug-likeness (QED) is 0.497. The summed E-state index contributed by atoms with van der Waals surface area (Å²) >= 11 is 0. The number of benzene rings is 1. The van der Waals surface area contributed by atoms with Gasteiger partial charge in [-0.3, -0.25) is 10.7 Å². The van der Waals surface area contributed by atoms with Gasteiger partial charge in [-0.2, -0.15) is 5.10 Å². The zero-order valence-electron chi connectivity index (χ0n) is 13.1. The summed E-state index contributed by atoms with van der Waals surface area (Å²) in [5.41, 5.74) is 3.30. The number of rotatable bonds is 2. The molecule has 0 aliphatic carbocycles. The lowest BCUT2D eigenvalue weighted by Crippen LogP contribution is -2.69. The topological polar surface area (TPSA) is 102 Å². The summed E-state index contributed by atoms with van der Waals surface area (Å²) in [5.74, 6) is 0. The van der Waals surface area contributed by atoms with E-state index in [1.165, 1.54) is 0 Å². The maximum absolute atomic E-state index is 9.38. The Kier molecular flexibility index (Phi) is 4.18. The monoisotopic (exact) mass is 303 g/mol. The van der Waals surface area contributed by atoms with E-state index < -0.39 is 11.1 Å². The van der Waals surface area contributed by atoms with Crippen LogP contribution in [0.3, 0.4) is 0 Å². The van der Waals surface area contributed by atoms with Crippen LogP contribution in [0, 0.1) is 0 Å². The highest BCUT2D eigenvalue weighted by molar-refractivity contribution is 6.72. The molecule has 0 radical (unpaired) electrons. The van der Waals surface area contributed by atoms with E-state index in [2.05, 4.69) is 26.2 Å². The summed E-state index contributed by atoms with van der Waals surface area (Å²) in [6, 6.07) is 9.36. The van der Waals surface area contributed by atoms with Crippen molar-refractivity contribution in [3.63, 3.8) is 0 Å². The Balaban J connectivity index is 2.47. The molecule has 7 heteroatoms. The molecule has 0 spiro atoms. The smallest absolute Gasteiger partial charge is 0.137 e. The van der Waals surface area contributed by atoms with Crippen molar-refractivity contribution < 1.29 is 10.4 Å². The third-order valence-electron chi connectivity index (χ3n) is 3.53. The van der Waals surface area contributed by atoms with E-state index in [0.29, 0.717) is 17.1 Å². The van der Waals surface area contributed by atoms with Crippen molar-refractivity contribution in [1.82, 2.24) is 5.32 Å². The summed E-state index contributed by atoms with van der Waals surface area (Å²) < 4.78 is 0. The van der Waals surface area contributed by atoms with Crippen LogP contribution in [-0.4, -0.2) is 38.6 Å². The molecule has 0 amide bonds.